The van der Waals surface area contributed by atoms with E-state index in [0.29, 0.717) is 0 Å². The van der Waals surface area contributed by atoms with Gasteiger partial charge >= 0.3 is 0 Å². The fourth-order valence-electron chi connectivity index (χ4n) is 3.06. The number of hydrogen-bond donors (Lipinski definition) is 0. The summed E-state index contributed by atoms with van der Waals surface area (Å²) >= 11 is 0. The zero-order chi connectivity index (χ0) is 14.1. The predicted octanol–water partition coefficient (Wildman–Crippen LogP) is 3.10. The van der Waals surface area contributed by atoms with Crippen LogP contribution in [-0.4, -0.2) is 27.5 Å². The Balaban J connectivity index is 1.90. The zero-order valence-corrected chi connectivity index (χ0v) is 12.6. The van der Waals surface area contributed by atoms with Crippen molar-refractivity contribution in [3.63, 3.8) is 0 Å². The molecule has 2 heterocycles. The molecule has 0 saturated carbocycles. The third kappa shape index (κ3) is 2.50. The van der Waals surface area contributed by atoms with Gasteiger partial charge in [-0.25, -0.2) is 4.98 Å². The largest absolute Gasteiger partial charge is 0.330 e. The molecular formula is C17H23N3. The molecule has 1 aliphatic heterocycles. The number of imidazole rings is 1. The van der Waals surface area contributed by atoms with Crippen LogP contribution in [0.15, 0.2) is 30.3 Å². The number of rotatable bonds is 3. The second kappa shape index (κ2) is 5.41. The van der Waals surface area contributed by atoms with Gasteiger partial charge in [0.25, 0.3) is 0 Å². The van der Waals surface area contributed by atoms with Crippen LogP contribution in [0, 0.1) is 5.92 Å². The summed E-state index contributed by atoms with van der Waals surface area (Å²) in [5.74, 6) is 1.82. The Labute approximate surface area is 121 Å². The summed E-state index contributed by atoms with van der Waals surface area (Å²) in [6.07, 6.45) is 1.07. The smallest absolute Gasteiger partial charge is 0.140 e. The van der Waals surface area contributed by atoms with Crippen LogP contribution >= 0.6 is 0 Å². The van der Waals surface area contributed by atoms with E-state index in [9.17, 15) is 0 Å². The van der Waals surface area contributed by atoms with Gasteiger partial charge in [0.05, 0.1) is 11.4 Å². The van der Waals surface area contributed by atoms with E-state index in [0.717, 1.165) is 31.3 Å². The second-order valence-corrected chi connectivity index (χ2v) is 6.13. The molecule has 0 spiro atoms. The van der Waals surface area contributed by atoms with E-state index in [1.807, 2.05) is 0 Å². The molecule has 1 aromatic heterocycles. The van der Waals surface area contributed by atoms with Gasteiger partial charge in [-0.1, -0.05) is 44.2 Å². The monoisotopic (exact) mass is 269 g/mol. The van der Waals surface area contributed by atoms with Gasteiger partial charge in [-0.15, -0.1) is 0 Å². The van der Waals surface area contributed by atoms with Gasteiger partial charge in [0, 0.05) is 38.7 Å². The molecule has 3 rings (SSSR count). The predicted molar refractivity (Wildman–Crippen MR) is 82.5 cm³/mol. The summed E-state index contributed by atoms with van der Waals surface area (Å²) in [6.45, 7) is 7.91. The number of aromatic nitrogens is 2. The first-order valence-corrected chi connectivity index (χ1v) is 7.47. The average Bonchev–Trinajstić information content (AvgIpc) is 2.76. The lowest BCUT2D eigenvalue weighted by atomic mass is 10.1. The molecule has 0 saturated heterocycles. The molecule has 0 unspecified atom stereocenters. The van der Waals surface area contributed by atoms with Crippen molar-refractivity contribution in [2.45, 2.75) is 26.8 Å². The second-order valence-electron chi connectivity index (χ2n) is 6.13. The summed E-state index contributed by atoms with van der Waals surface area (Å²) in [7, 11) is 2.15. The maximum Gasteiger partial charge on any atom is 0.140 e. The Morgan fingerprint density at radius 3 is 2.65 bits per heavy atom. The van der Waals surface area contributed by atoms with E-state index in [1.165, 1.54) is 23.5 Å². The molecule has 0 N–H and O–H groups in total. The van der Waals surface area contributed by atoms with E-state index in [1.54, 1.807) is 0 Å². The molecule has 106 valence electrons. The first-order chi connectivity index (χ1) is 9.65. The fourth-order valence-corrected chi connectivity index (χ4v) is 3.06. The molecule has 1 aliphatic rings. The SMILES string of the molecule is CC(C)CN1CCc2nc(-c3ccccc3)n(C)c2C1. The van der Waals surface area contributed by atoms with Crippen molar-refractivity contribution in [2.24, 2.45) is 13.0 Å². The summed E-state index contributed by atoms with van der Waals surface area (Å²) in [4.78, 5) is 7.42. The standard InChI is InChI=1S/C17H23N3/c1-13(2)11-20-10-9-15-16(12-20)19(3)17(18-15)14-7-5-4-6-8-14/h4-8,13H,9-12H2,1-3H3. The van der Waals surface area contributed by atoms with Crippen LogP contribution in [0.5, 0.6) is 0 Å². The van der Waals surface area contributed by atoms with Gasteiger partial charge in [0.1, 0.15) is 5.82 Å². The molecule has 0 atom stereocenters. The third-order valence-electron chi connectivity index (χ3n) is 3.99. The highest BCUT2D eigenvalue weighted by molar-refractivity contribution is 5.56. The van der Waals surface area contributed by atoms with E-state index in [2.05, 4.69) is 60.7 Å². The number of fused-ring (bicyclic) bond motifs is 1. The van der Waals surface area contributed by atoms with Crippen molar-refractivity contribution in [2.75, 3.05) is 13.1 Å². The highest BCUT2D eigenvalue weighted by Crippen LogP contribution is 2.25. The van der Waals surface area contributed by atoms with Gasteiger partial charge in [-0.2, -0.15) is 0 Å². The molecule has 2 aromatic rings. The van der Waals surface area contributed by atoms with Gasteiger partial charge in [-0.05, 0) is 5.92 Å². The van der Waals surface area contributed by atoms with Crippen LogP contribution in [0.3, 0.4) is 0 Å². The number of hydrogen-bond acceptors (Lipinski definition) is 2. The van der Waals surface area contributed by atoms with Crippen molar-refractivity contribution < 1.29 is 0 Å². The number of benzene rings is 1. The third-order valence-corrected chi connectivity index (χ3v) is 3.99. The Hall–Kier alpha value is -1.61. The van der Waals surface area contributed by atoms with Gasteiger partial charge < -0.3 is 4.57 Å². The molecule has 0 radical (unpaired) electrons. The minimum absolute atomic E-state index is 0.721. The van der Waals surface area contributed by atoms with Gasteiger partial charge in [-0.3, -0.25) is 4.90 Å². The highest BCUT2D eigenvalue weighted by Gasteiger charge is 2.23. The molecular weight excluding hydrogens is 246 g/mol. The van der Waals surface area contributed by atoms with E-state index in [4.69, 9.17) is 4.98 Å². The normalized spacial score (nSPS) is 15.6. The van der Waals surface area contributed by atoms with Crippen LogP contribution in [-0.2, 0) is 20.0 Å². The van der Waals surface area contributed by atoms with Crippen LogP contribution in [0.1, 0.15) is 25.2 Å². The first-order valence-electron chi connectivity index (χ1n) is 7.47. The van der Waals surface area contributed by atoms with E-state index < -0.39 is 0 Å². The lowest BCUT2D eigenvalue weighted by molar-refractivity contribution is 0.220. The topological polar surface area (TPSA) is 21.1 Å². The summed E-state index contributed by atoms with van der Waals surface area (Å²) in [6, 6.07) is 10.5. The highest BCUT2D eigenvalue weighted by atomic mass is 15.2. The molecule has 0 amide bonds. The Bertz CT molecular complexity index is 584. The van der Waals surface area contributed by atoms with Crippen LogP contribution in [0.25, 0.3) is 11.4 Å². The molecule has 0 aliphatic carbocycles. The fraction of sp³-hybridized carbons (Fsp3) is 0.471. The summed E-state index contributed by atoms with van der Waals surface area (Å²) < 4.78 is 2.27. The molecule has 1 aromatic carbocycles. The molecule has 0 fully saturated rings. The maximum atomic E-state index is 4.87. The quantitative estimate of drug-likeness (QED) is 0.853. The van der Waals surface area contributed by atoms with Crippen molar-refractivity contribution in [3.05, 3.63) is 41.7 Å². The molecule has 0 bridgehead atoms. The number of nitrogens with zero attached hydrogens (tertiary/aromatic N) is 3. The average molecular weight is 269 g/mol. The van der Waals surface area contributed by atoms with Crippen LogP contribution < -0.4 is 0 Å². The van der Waals surface area contributed by atoms with Crippen LogP contribution in [0.2, 0.25) is 0 Å². The van der Waals surface area contributed by atoms with Crippen LogP contribution in [0.4, 0.5) is 0 Å². The Morgan fingerprint density at radius 1 is 1.20 bits per heavy atom. The lowest BCUT2D eigenvalue weighted by Gasteiger charge is -2.28. The van der Waals surface area contributed by atoms with Crippen molar-refractivity contribution >= 4 is 0 Å². The molecule has 3 nitrogen and oxygen atoms in total. The van der Waals surface area contributed by atoms with Gasteiger partial charge in [0.15, 0.2) is 0 Å². The first kappa shape index (κ1) is 13.4. The summed E-state index contributed by atoms with van der Waals surface area (Å²) in [5, 5.41) is 0. The maximum absolute atomic E-state index is 4.87. The van der Waals surface area contributed by atoms with Crippen molar-refractivity contribution in [3.8, 4) is 11.4 Å². The Morgan fingerprint density at radius 2 is 1.95 bits per heavy atom. The molecule has 3 heteroatoms. The van der Waals surface area contributed by atoms with Gasteiger partial charge in [0.2, 0.25) is 0 Å². The van der Waals surface area contributed by atoms with Crippen molar-refractivity contribution in [1.29, 1.82) is 0 Å². The minimum Gasteiger partial charge on any atom is -0.330 e. The van der Waals surface area contributed by atoms with E-state index >= 15 is 0 Å². The summed E-state index contributed by atoms with van der Waals surface area (Å²) in [5.41, 5.74) is 3.88. The van der Waals surface area contributed by atoms with E-state index in [-0.39, 0.29) is 0 Å². The lowest BCUT2D eigenvalue weighted by Crippen LogP contribution is -2.34. The van der Waals surface area contributed by atoms with Crippen molar-refractivity contribution in [1.82, 2.24) is 14.5 Å². The minimum atomic E-state index is 0.721. The molecule has 20 heavy (non-hydrogen) atoms. The zero-order valence-electron chi connectivity index (χ0n) is 12.6. The Kier molecular flexibility index (Phi) is 3.62.